The molecule has 6 heterocycles. The quantitative estimate of drug-likeness (QED) is 0.512. The Kier molecular flexibility index (Phi) is 6.91. The molecule has 0 aliphatic carbocycles. The second kappa shape index (κ2) is 10.6. The smallest absolute Gasteiger partial charge is 0.187 e. The van der Waals surface area contributed by atoms with Crippen LogP contribution in [0.5, 0.6) is 0 Å². The maximum atomic E-state index is 6.01. The standard InChI is InChI=1S/C29H36N6O2/c1-19(2)26-18-37-29(34-26)20-5-11-35(12-6-20)28-24-4-9-30-17-22(24)15-25(33-28)21-3-10-31-27(16-21)32-23-7-13-36-14-8-23/h3-4,9-10,15-17,19-20,23,26H,5-8,11-14,18H2,1-2H3,(H,31,32). The highest BCUT2D eigenvalue weighted by atomic mass is 16.5. The van der Waals surface area contributed by atoms with Crippen molar-refractivity contribution in [3.05, 3.63) is 42.9 Å². The Morgan fingerprint density at radius 3 is 2.65 bits per heavy atom. The highest BCUT2D eigenvalue weighted by Gasteiger charge is 2.31. The number of aliphatic imine (C=N–C) groups is 1. The van der Waals surface area contributed by atoms with Crippen LogP contribution in [-0.2, 0) is 9.47 Å². The number of hydrogen-bond acceptors (Lipinski definition) is 8. The molecule has 2 saturated heterocycles. The Bertz CT molecular complexity index is 1260. The second-order valence-corrected chi connectivity index (χ2v) is 10.7. The molecular formula is C29H36N6O2. The number of ether oxygens (including phenoxy) is 2. The average Bonchev–Trinajstić information content (AvgIpc) is 3.44. The van der Waals surface area contributed by atoms with Gasteiger partial charge in [-0.2, -0.15) is 0 Å². The van der Waals surface area contributed by atoms with Crippen LogP contribution in [0.4, 0.5) is 11.6 Å². The van der Waals surface area contributed by atoms with Crippen molar-refractivity contribution in [3.63, 3.8) is 0 Å². The first-order valence-electron chi connectivity index (χ1n) is 13.6. The van der Waals surface area contributed by atoms with Crippen LogP contribution in [0, 0.1) is 11.8 Å². The van der Waals surface area contributed by atoms with Crippen LogP contribution in [0.15, 0.2) is 47.8 Å². The zero-order valence-corrected chi connectivity index (χ0v) is 21.8. The Balaban J connectivity index is 1.24. The minimum absolute atomic E-state index is 0.300. The molecule has 1 unspecified atom stereocenters. The Morgan fingerprint density at radius 2 is 1.86 bits per heavy atom. The summed E-state index contributed by atoms with van der Waals surface area (Å²) in [5.41, 5.74) is 2.00. The zero-order valence-electron chi connectivity index (χ0n) is 21.8. The van der Waals surface area contributed by atoms with Crippen molar-refractivity contribution in [2.24, 2.45) is 16.8 Å². The number of fused-ring (bicyclic) bond motifs is 1. The van der Waals surface area contributed by atoms with Gasteiger partial charge in [-0.15, -0.1) is 0 Å². The van der Waals surface area contributed by atoms with E-state index in [1.807, 2.05) is 24.7 Å². The van der Waals surface area contributed by atoms with E-state index in [0.29, 0.717) is 23.9 Å². The van der Waals surface area contributed by atoms with Crippen molar-refractivity contribution < 1.29 is 9.47 Å². The van der Waals surface area contributed by atoms with Crippen molar-refractivity contribution in [1.29, 1.82) is 0 Å². The fourth-order valence-electron chi connectivity index (χ4n) is 5.50. The lowest BCUT2D eigenvalue weighted by molar-refractivity contribution is 0.0904. The Hall–Kier alpha value is -3.26. The second-order valence-electron chi connectivity index (χ2n) is 10.7. The van der Waals surface area contributed by atoms with E-state index in [9.17, 15) is 0 Å². The van der Waals surface area contributed by atoms with Gasteiger partial charge in [-0.3, -0.25) is 4.98 Å². The van der Waals surface area contributed by atoms with Crippen LogP contribution in [-0.4, -0.2) is 65.8 Å². The van der Waals surface area contributed by atoms with Gasteiger partial charge in [0.25, 0.3) is 0 Å². The molecule has 8 heteroatoms. The number of hydrogen-bond donors (Lipinski definition) is 1. The molecule has 194 valence electrons. The van der Waals surface area contributed by atoms with E-state index in [4.69, 9.17) is 19.5 Å². The van der Waals surface area contributed by atoms with Gasteiger partial charge in [0.15, 0.2) is 5.90 Å². The normalized spacial score (nSPS) is 21.3. The van der Waals surface area contributed by atoms with Gasteiger partial charge in [0.2, 0.25) is 0 Å². The molecule has 3 aromatic heterocycles. The van der Waals surface area contributed by atoms with Crippen molar-refractivity contribution >= 4 is 28.3 Å². The number of pyridine rings is 3. The van der Waals surface area contributed by atoms with Crippen molar-refractivity contribution in [3.8, 4) is 11.3 Å². The molecular weight excluding hydrogens is 464 g/mol. The maximum Gasteiger partial charge on any atom is 0.187 e. The number of nitrogens with zero attached hydrogens (tertiary/aromatic N) is 5. The fraction of sp³-hybridized carbons (Fsp3) is 0.517. The minimum atomic E-state index is 0.300. The van der Waals surface area contributed by atoms with Gasteiger partial charge in [-0.25, -0.2) is 15.0 Å². The molecule has 3 aliphatic heterocycles. The molecule has 1 N–H and O–H groups in total. The number of piperidine rings is 1. The van der Waals surface area contributed by atoms with Crippen LogP contribution >= 0.6 is 0 Å². The number of anilines is 2. The van der Waals surface area contributed by atoms with E-state index in [-0.39, 0.29) is 0 Å². The molecule has 37 heavy (non-hydrogen) atoms. The summed E-state index contributed by atoms with van der Waals surface area (Å²) < 4.78 is 11.5. The molecule has 6 rings (SSSR count). The lowest BCUT2D eigenvalue weighted by atomic mass is 9.96. The van der Waals surface area contributed by atoms with E-state index >= 15 is 0 Å². The zero-order chi connectivity index (χ0) is 25.2. The van der Waals surface area contributed by atoms with Crippen LogP contribution < -0.4 is 10.2 Å². The van der Waals surface area contributed by atoms with Crippen LogP contribution in [0.1, 0.15) is 39.5 Å². The van der Waals surface area contributed by atoms with E-state index in [1.54, 1.807) is 0 Å². The number of rotatable bonds is 6. The van der Waals surface area contributed by atoms with Gasteiger partial charge in [0, 0.05) is 73.2 Å². The highest BCUT2D eigenvalue weighted by molar-refractivity contribution is 5.94. The third-order valence-corrected chi connectivity index (χ3v) is 7.85. The molecule has 0 spiro atoms. The fourth-order valence-corrected chi connectivity index (χ4v) is 5.50. The van der Waals surface area contributed by atoms with E-state index in [2.05, 4.69) is 52.2 Å². The molecule has 1 atom stereocenters. The summed E-state index contributed by atoms with van der Waals surface area (Å²) in [6, 6.07) is 9.06. The monoisotopic (exact) mass is 500 g/mol. The molecule has 0 aromatic carbocycles. The molecule has 3 aromatic rings. The van der Waals surface area contributed by atoms with Crippen LogP contribution in [0.2, 0.25) is 0 Å². The van der Waals surface area contributed by atoms with E-state index < -0.39 is 0 Å². The summed E-state index contributed by atoms with van der Waals surface area (Å²) in [6.07, 6.45) is 9.71. The first-order valence-corrected chi connectivity index (χ1v) is 13.6. The van der Waals surface area contributed by atoms with Crippen molar-refractivity contribution in [1.82, 2.24) is 15.0 Å². The van der Waals surface area contributed by atoms with Crippen LogP contribution in [0.25, 0.3) is 22.0 Å². The summed E-state index contributed by atoms with van der Waals surface area (Å²) in [5.74, 6) is 3.80. The predicted octanol–water partition coefficient (Wildman–Crippen LogP) is 4.95. The van der Waals surface area contributed by atoms with Gasteiger partial charge in [-0.05, 0) is 55.9 Å². The van der Waals surface area contributed by atoms with E-state index in [0.717, 1.165) is 98.2 Å². The Morgan fingerprint density at radius 1 is 1.03 bits per heavy atom. The molecule has 2 fully saturated rings. The summed E-state index contributed by atoms with van der Waals surface area (Å²) >= 11 is 0. The number of aromatic nitrogens is 3. The third-order valence-electron chi connectivity index (χ3n) is 7.85. The predicted molar refractivity (Wildman–Crippen MR) is 147 cm³/mol. The lowest BCUT2D eigenvalue weighted by Gasteiger charge is -2.33. The highest BCUT2D eigenvalue weighted by Crippen LogP contribution is 2.33. The lowest BCUT2D eigenvalue weighted by Crippen LogP contribution is -2.37. The first-order chi connectivity index (χ1) is 18.1. The van der Waals surface area contributed by atoms with Gasteiger partial charge in [0.05, 0.1) is 11.7 Å². The molecule has 0 amide bonds. The molecule has 3 aliphatic rings. The molecule has 8 nitrogen and oxygen atoms in total. The van der Waals surface area contributed by atoms with Gasteiger partial charge in [-0.1, -0.05) is 13.8 Å². The summed E-state index contributed by atoms with van der Waals surface area (Å²) in [5, 5.41) is 5.82. The molecule has 0 radical (unpaired) electrons. The van der Waals surface area contributed by atoms with Crippen LogP contribution in [0.3, 0.4) is 0 Å². The molecule has 0 saturated carbocycles. The first kappa shape index (κ1) is 24.1. The van der Waals surface area contributed by atoms with Gasteiger partial charge < -0.3 is 19.7 Å². The number of nitrogens with one attached hydrogen (secondary N) is 1. The Labute approximate surface area is 218 Å². The average molecular weight is 501 g/mol. The van der Waals surface area contributed by atoms with Crippen molar-refractivity contribution in [2.75, 3.05) is 43.1 Å². The largest absolute Gasteiger partial charge is 0.478 e. The summed E-state index contributed by atoms with van der Waals surface area (Å²) in [7, 11) is 0. The molecule has 0 bridgehead atoms. The minimum Gasteiger partial charge on any atom is -0.478 e. The van der Waals surface area contributed by atoms with E-state index in [1.165, 1.54) is 0 Å². The third kappa shape index (κ3) is 5.25. The van der Waals surface area contributed by atoms with Crippen molar-refractivity contribution in [2.45, 2.75) is 51.6 Å². The summed E-state index contributed by atoms with van der Waals surface area (Å²) in [6.45, 7) is 8.62. The SMILES string of the molecule is CC(C)C1COC(C2CCN(c3nc(-c4ccnc(NC5CCOCC5)c4)cc4cnccc34)CC2)=N1. The topological polar surface area (TPSA) is 84.8 Å². The van der Waals surface area contributed by atoms with Gasteiger partial charge in [0.1, 0.15) is 18.2 Å². The summed E-state index contributed by atoms with van der Waals surface area (Å²) in [4.78, 5) is 21.5. The maximum absolute atomic E-state index is 6.01. The van der Waals surface area contributed by atoms with Gasteiger partial charge >= 0.3 is 0 Å².